The summed E-state index contributed by atoms with van der Waals surface area (Å²) in [4.78, 5) is 0. The van der Waals surface area contributed by atoms with Crippen molar-refractivity contribution in [2.75, 3.05) is 45.6 Å². The van der Waals surface area contributed by atoms with Crippen LogP contribution in [-0.2, 0) is 4.74 Å². The summed E-state index contributed by atoms with van der Waals surface area (Å²) in [5.41, 5.74) is 0.593. The van der Waals surface area contributed by atoms with Crippen molar-refractivity contribution in [1.82, 2.24) is 10.6 Å². The molecule has 1 saturated carbocycles. The molecule has 3 nitrogen and oxygen atoms in total. The highest BCUT2D eigenvalue weighted by atomic mass is 32.2. The van der Waals surface area contributed by atoms with Gasteiger partial charge in [0.15, 0.2) is 0 Å². The molecule has 0 unspecified atom stereocenters. The fraction of sp³-hybridized carbons (Fsp3) is 1.00. The standard InChI is InChI=1S/C14H28N2OS/c1-17-10-6-14(4-5-14)12-16-9-11-18-13-2-7-15-8-3-13/h13,15-16H,2-12H2,1H3. The van der Waals surface area contributed by atoms with Gasteiger partial charge in [0.1, 0.15) is 0 Å². The Morgan fingerprint density at radius 2 is 2.11 bits per heavy atom. The summed E-state index contributed by atoms with van der Waals surface area (Å²) in [6.45, 7) is 5.72. The monoisotopic (exact) mass is 272 g/mol. The van der Waals surface area contributed by atoms with Gasteiger partial charge in [-0.1, -0.05) is 0 Å². The van der Waals surface area contributed by atoms with Crippen LogP contribution in [0.25, 0.3) is 0 Å². The van der Waals surface area contributed by atoms with Crippen LogP contribution < -0.4 is 10.6 Å². The van der Waals surface area contributed by atoms with Crippen molar-refractivity contribution in [3.8, 4) is 0 Å². The number of methoxy groups -OCH3 is 1. The first-order valence-electron chi connectivity index (χ1n) is 7.37. The third kappa shape index (κ3) is 5.08. The van der Waals surface area contributed by atoms with E-state index in [0.717, 1.165) is 11.9 Å². The van der Waals surface area contributed by atoms with Crippen LogP contribution in [0, 0.1) is 5.41 Å². The molecule has 1 saturated heterocycles. The predicted molar refractivity (Wildman–Crippen MR) is 79.4 cm³/mol. The second-order valence-corrected chi connectivity index (χ2v) is 7.15. The van der Waals surface area contributed by atoms with E-state index in [2.05, 4.69) is 22.4 Å². The van der Waals surface area contributed by atoms with Crippen LogP contribution in [-0.4, -0.2) is 50.9 Å². The van der Waals surface area contributed by atoms with Gasteiger partial charge in [-0.15, -0.1) is 0 Å². The van der Waals surface area contributed by atoms with Crippen LogP contribution in [0.2, 0.25) is 0 Å². The largest absolute Gasteiger partial charge is 0.385 e. The molecule has 0 spiro atoms. The number of piperidine rings is 1. The van der Waals surface area contributed by atoms with Crippen LogP contribution in [0.3, 0.4) is 0 Å². The molecular formula is C14H28N2OS. The van der Waals surface area contributed by atoms with E-state index in [1.807, 2.05) is 0 Å². The molecule has 0 aromatic heterocycles. The van der Waals surface area contributed by atoms with E-state index < -0.39 is 0 Å². The fourth-order valence-electron chi connectivity index (χ4n) is 2.62. The minimum atomic E-state index is 0.593. The zero-order valence-corrected chi connectivity index (χ0v) is 12.5. The van der Waals surface area contributed by atoms with Gasteiger partial charge >= 0.3 is 0 Å². The van der Waals surface area contributed by atoms with Crippen molar-refractivity contribution in [2.24, 2.45) is 5.41 Å². The van der Waals surface area contributed by atoms with Crippen LogP contribution >= 0.6 is 11.8 Å². The van der Waals surface area contributed by atoms with Crippen LogP contribution in [0.4, 0.5) is 0 Å². The maximum absolute atomic E-state index is 5.19. The number of rotatable bonds is 9. The average Bonchev–Trinajstić information content (AvgIpc) is 3.18. The minimum Gasteiger partial charge on any atom is -0.385 e. The smallest absolute Gasteiger partial charge is 0.0468 e. The Kier molecular flexibility index (Phi) is 6.29. The van der Waals surface area contributed by atoms with Crippen molar-refractivity contribution >= 4 is 11.8 Å². The highest BCUT2D eigenvalue weighted by Crippen LogP contribution is 2.48. The molecule has 1 aliphatic heterocycles. The lowest BCUT2D eigenvalue weighted by atomic mass is 10.0. The highest BCUT2D eigenvalue weighted by molar-refractivity contribution is 7.99. The Morgan fingerprint density at radius 1 is 1.33 bits per heavy atom. The van der Waals surface area contributed by atoms with Crippen LogP contribution in [0.1, 0.15) is 32.1 Å². The Bertz CT molecular complexity index is 228. The van der Waals surface area contributed by atoms with Crippen LogP contribution in [0.15, 0.2) is 0 Å². The summed E-state index contributed by atoms with van der Waals surface area (Å²) in [5, 5.41) is 7.97. The van der Waals surface area contributed by atoms with Gasteiger partial charge in [0.2, 0.25) is 0 Å². The first-order chi connectivity index (χ1) is 8.85. The first kappa shape index (κ1) is 14.6. The quantitative estimate of drug-likeness (QED) is 0.628. The molecule has 0 atom stereocenters. The molecule has 0 radical (unpaired) electrons. The Labute approximate surface area is 116 Å². The number of ether oxygens (including phenoxy) is 1. The van der Waals surface area contributed by atoms with E-state index in [0.29, 0.717) is 5.41 Å². The van der Waals surface area contributed by atoms with Crippen LogP contribution in [0.5, 0.6) is 0 Å². The van der Waals surface area contributed by atoms with Gasteiger partial charge in [0.25, 0.3) is 0 Å². The molecule has 1 aliphatic carbocycles. The van der Waals surface area contributed by atoms with Crippen molar-refractivity contribution in [2.45, 2.75) is 37.4 Å². The molecule has 2 N–H and O–H groups in total. The molecule has 1 heterocycles. The van der Waals surface area contributed by atoms with Crippen molar-refractivity contribution in [3.05, 3.63) is 0 Å². The maximum atomic E-state index is 5.19. The topological polar surface area (TPSA) is 33.3 Å². The van der Waals surface area contributed by atoms with Crippen molar-refractivity contribution < 1.29 is 4.74 Å². The molecule has 2 fully saturated rings. The minimum absolute atomic E-state index is 0.593. The third-order valence-electron chi connectivity index (χ3n) is 4.21. The molecule has 106 valence electrons. The molecule has 0 aromatic carbocycles. The Balaban J connectivity index is 1.46. The van der Waals surface area contributed by atoms with Gasteiger partial charge in [-0.25, -0.2) is 0 Å². The zero-order valence-electron chi connectivity index (χ0n) is 11.7. The Morgan fingerprint density at radius 3 is 2.78 bits per heavy atom. The molecule has 2 rings (SSSR count). The molecule has 2 aliphatic rings. The molecule has 18 heavy (non-hydrogen) atoms. The SMILES string of the molecule is COCCC1(CNCCSC2CCNCC2)CC1. The van der Waals surface area contributed by atoms with Gasteiger partial charge in [0.05, 0.1) is 0 Å². The summed E-state index contributed by atoms with van der Waals surface area (Å²) in [6.07, 6.45) is 6.72. The fourth-order valence-corrected chi connectivity index (χ4v) is 3.79. The van der Waals surface area contributed by atoms with E-state index in [-0.39, 0.29) is 0 Å². The van der Waals surface area contributed by atoms with E-state index in [4.69, 9.17) is 4.74 Å². The number of hydrogen-bond acceptors (Lipinski definition) is 4. The summed E-state index contributed by atoms with van der Waals surface area (Å²) < 4.78 is 5.19. The first-order valence-corrected chi connectivity index (χ1v) is 8.41. The number of hydrogen-bond donors (Lipinski definition) is 2. The lowest BCUT2D eigenvalue weighted by molar-refractivity contribution is 0.171. The molecule has 0 amide bonds. The third-order valence-corrected chi connectivity index (χ3v) is 5.59. The number of thioether (sulfide) groups is 1. The summed E-state index contributed by atoms with van der Waals surface area (Å²) in [5.74, 6) is 1.27. The van der Waals surface area contributed by atoms with Gasteiger partial charge in [-0.3, -0.25) is 0 Å². The van der Waals surface area contributed by atoms with Gasteiger partial charge in [-0.2, -0.15) is 11.8 Å². The van der Waals surface area contributed by atoms with Gasteiger partial charge in [0, 0.05) is 37.8 Å². The lowest BCUT2D eigenvalue weighted by Crippen LogP contribution is -2.31. The van der Waals surface area contributed by atoms with E-state index in [1.165, 1.54) is 64.0 Å². The molecule has 4 heteroatoms. The van der Waals surface area contributed by atoms with Crippen molar-refractivity contribution in [3.63, 3.8) is 0 Å². The highest BCUT2D eigenvalue weighted by Gasteiger charge is 2.41. The molecule has 0 aromatic rings. The summed E-state index contributed by atoms with van der Waals surface area (Å²) in [7, 11) is 1.80. The molecular weight excluding hydrogens is 244 g/mol. The lowest BCUT2D eigenvalue weighted by Gasteiger charge is -2.22. The summed E-state index contributed by atoms with van der Waals surface area (Å²) in [6, 6.07) is 0. The number of nitrogens with one attached hydrogen (secondary N) is 2. The van der Waals surface area contributed by atoms with Gasteiger partial charge < -0.3 is 15.4 Å². The zero-order chi connectivity index (χ0) is 12.7. The van der Waals surface area contributed by atoms with E-state index in [1.54, 1.807) is 7.11 Å². The summed E-state index contributed by atoms with van der Waals surface area (Å²) >= 11 is 2.16. The Hall–Kier alpha value is 0.230. The van der Waals surface area contributed by atoms with Crippen molar-refractivity contribution in [1.29, 1.82) is 0 Å². The van der Waals surface area contributed by atoms with E-state index in [9.17, 15) is 0 Å². The normalized spacial score (nSPS) is 23.2. The van der Waals surface area contributed by atoms with E-state index >= 15 is 0 Å². The second kappa shape index (κ2) is 7.73. The predicted octanol–water partition coefficient (Wildman–Crippen LogP) is 1.88. The van der Waals surface area contributed by atoms with Gasteiger partial charge in [-0.05, 0) is 50.6 Å². The molecule has 0 bridgehead atoms. The average molecular weight is 272 g/mol. The maximum Gasteiger partial charge on any atom is 0.0468 e. The second-order valence-electron chi connectivity index (χ2n) is 5.74.